The molecule has 1 N–H and O–H groups in total. The van der Waals surface area contributed by atoms with E-state index in [9.17, 15) is 4.79 Å². The lowest BCUT2D eigenvalue weighted by molar-refractivity contribution is -0.124. The number of hydrogen-bond donors (Lipinski definition) is 1. The molecule has 0 saturated carbocycles. The molecule has 1 aromatic heterocycles. The van der Waals surface area contributed by atoms with Gasteiger partial charge in [-0.1, -0.05) is 50.3 Å². The molecule has 1 aliphatic heterocycles. The van der Waals surface area contributed by atoms with Gasteiger partial charge in [0.15, 0.2) is 0 Å². The van der Waals surface area contributed by atoms with Crippen molar-refractivity contribution in [1.29, 1.82) is 0 Å². The minimum absolute atomic E-state index is 0.0887. The summed E-state index contributed by atoms with van der Waals surface area (Å²) in [6.45, 7) is 8.89. The Kier molecular flexibility index (Phi) is 4.92. The van der Waals surface area contributed by atoms with E-state index >= 15 is 0 Å². The number of rotatable bonds is 4. The van der Waals surface area contributed by atoms with E-state index in [0.29, 0.717) is 13.0 Å². The van der Waals surface area contributed by atoms with Crippen LogP contribution < -0.4 is 10.1 Å². The molecule has 0 fully saturated rings. The van der Waals surface area contributed by atoms with E-state index in [1.165, 1.54) is 0 Å². The molecule has 164 valence electrons. The van der Waals surface area contributed by atoms with Gasteiger partial charge in [0.05, 0.1) is 23.9 Å². The Morgan fingerprint density at radius 2 is 1.81 bits per heavy atom. The zero-order chi connectivity index (χ0) is 22.5. The van der Waals surface area contributed by atoms with Crippen LogP contribution in [0.25, 0.3) is 5.69 Å². The van der Waals surface area contributed by atoms with Crippen molar-refractivity contribution in [2.24, 2.45) is 11.3 Å². The minimum Gasteiger partial charge on any atom is -0.494 e. The summed E-state index contributed by atoms with van der Waals surface area (Å²) in [5, 5.41) is 8.52. The second kappa shape index (κ2) is 7.66. The number of para-hydroxylation sites is 1. The number of nitrogens with zero attached hydrogens (tertiary/aromatic N) is 2. The summed E-state index contributed by atoms with van der Waals surface area (Å²) >= 11 is 0. The monoisotopic (exact) mass is 427 g/mol. The molecule has 0 bridgehead atoms. The summed E-state index contributed by atoms with van der Waals surface area (Å²) < 4.78 is 7.62. The summed E-state index contributed by atoms with van der Waals surface area (Å²) in [6.07, 6.45) is 2.78. The highest BCUT2D eigenvalue weighted by molar-refractivity contribution is 5.90. The van der Waals surface area contributed by atoms with Crippen LogP contribution in [-0.4, -0.2) is 22.2 Å². The predicted octanol–water partition coefficient (Wildman–Crippen LogP) is 5.64. The first-order valence-corrected chi connectivity index (χ1v) is 11.3. The Hall–Kier alpha value is -3.34. The number of carbonyl (C=O) groups is 1. The van der Waals surface area contributed by atoms with Crippen LogP contribution in [0.5, 0.6) is 5.75 Å². The molecule has 2 aromatic carbocycles. The summed E-state index contributed by atoms with van der Waals surface area (Å²) in [5.41, 5.74) is 4.93. The summed E-state index contributed by atoms with van der Waals surface area (Å²) in [5.74, 6) is 1.74. The van der Waals surface area contributed by atoms with Gasteiger partial charge in [-0.15, -0.1) is 0 Å². The van der Waals surface area contributed by atoms with Crippen molar-refractivity contribution in [3.8, 4) is 11.4 Å². The Bertz CT molecular complexity index is 1190. The molecule has 0 radical (unpaired) electrons. The van der Waals surface area contributed by atoms with Crippen LogP contribution >= 0.6 is 0 Å². The van der Waals surface area contributed by atoms with Gasteiger partial charge in [-0.3, -0.25) is 4.79 Å². The second-order valence-corrected chi connectivity index (χ2v) is 9.41. The molecule has 2 aliphatic rings. The van der Waals surface area contributed by atoms with Crippen molar-refractivity contribution < 1.29 is 9.53 Å². The van der Waals surface area contributed by atoms with Gasteiger partial charge in [0.25, 0.3) is 0 Å². The fraction of sp³-hybridized carbons (Fsp3) is 0.333. The highest BCUT2D eigenvalue weighted by Gasteiger charge is 2.46. The molecular formula is C27H29N3O2. The van der Waals surface area contributed by atoms with Crippen molar-refractivity contribution in [1.82, 2.24) is 9.78 Å². The van der Waals surface area contributed by atoms with Gasteiger partial charge in [-0.05, 0) is 49.1 Å². The van der Waals surface area contributed by atoms with Crippen LogP contribution in [0.2, 0.25) is 0 Å². The topological polar surface area (TPSA) is 56.1 Å². The van der Waals surface area contributed by atoms with E-state index < -0.39 is 0 Å². The maximum Gasteiger partial charge on any atom is 0.143 e. The van der Waals surface area contributed by atoms with Gasteiger partial charge in [-0.25, -0.2) is 4.68 Å². The predicted molar refractivity (Wildman–Crippen MR) is 126 cm³/mol. The van der Waals surface area contributed by atoms with Crippen LogP contribution in [0.4, 0.5) is 5.82 Å². The molecule has 3 aromatic rings. The standard InChI is InChI=1S/C27H29N3O2/c1-5-32-20-13-11-18(12-14-20)24-23-17(2)29-30(19-9-7-6-8-10-19)26(23)28-21-15-27(3,4)16-22(31)25(21)24/h6-15,24-25,28H,5,16H2,1-4H3/t24-,25-/m0/s1. The average Bonchev–Trinajstić information content (AvgIpc) is 3.09. The lowest BCUT2D eigenvalue weighted by Crippen LogP contribution is -2.39. The highest BCUT2D eigenvalue weighted by Crippen LogP contribution is 2.50. The van der Waals surface area contributed by atoms with E-state index in [4.69, 9.17) is 9.84 Å². The van der Waals surface area contributed by atoms with Gasteiger partial charge < -0.3 is 10.1 Å². The molecule has 0 unspecified atom stereocenters. The number of nitrogens with one attached hydrogen (secondary N) is 1. The van der Waals surface area contributed by atoms with Crippen molar-refractivity contribution in [3.63, 3.8) is 0 Å². The van der Waals surface area contributed by atoms with Crippen LogP contribution in [0, 0.1) is 18.3 Å². The third-order valence-corrected chi connectivity index (χ3v) is 6.42. The SMILES string of the molecule is CCOc1ccc([C@H]2c3c(C)nn(-c4ccccc4)c3NC3=CC(C)(C)CC(=O)[C@H]32)cc1. The van der Waals surface area contributed by atoms with Gasteiger partial charge >= 0.3 is 0 Å². The summed E-state index contributed by atoms with van der Waals surface area (Å²) in [4.78, 5) is 13.5. The molecule has 1 aliphatic carbocycles. The van der Waals surface area contributed by atoms with Crippen LogP contribution in [0.1, 0.15) is 49.9 Å². The van der Waals surface area contributed by atoms with Crippen LogP contribution in [0.15, 0.2) is 66.4 Å². The van der Waals surface area contributed by atoms with Crippen molar-refractivity contribution in [2.75, 3.05) is 11.9 Å². The number of carbonyl (C=O) groups excluding carboxylic acids is 1. The fourth-order valence-corrected chi connectivity index (χ4v) is 5.16. The Balaban J connectivity index is 1.71. The first kappa shape index (κ1) is 20.6. The largest absolute Gasteiger partial charge is 0.494 e. The number of Topliss-reactive ketones (excluding diaryl/α,β-unsaturated/α-hetero) is 1. The number of anilines is 1. The Morgan fingerprint density at radius 1 is 1.09 bits per heavy atom. The number of ketones is 1. The van der Waals surface area contributed by atoms with Crippen molar-refractivity contribution >= 4 is 11.6 Å². The highest BCUT2D eigenvalue weighted by atomic mass is 16.5. The second-order valence-electron chi connectivity index (χ2n) is 9.41. The van der Waals surface area contributed by atoms with Gasteiger partial charge in [-0.2, -0.15) is 5.10 Å². The number of allylic oxidation sites excluding steroid dienone is 2. The van der Waals surface area contributed by atoms with E-state index in [2.05, 4.69) is 49.5 Å². The van der Waals surface area contributed by atoms with Crippen LogP contribution in [0.3, 0.4) is 0 Å². The molecule has 0 saturated heterocycles. The molecular weight excluding hydrogens is 398 g/mol. The maximum atomic E-state index is 13.5. The number of hydrogen-bond acceptors (Lipinski definition) is 4. The number of benzene rings is 2. The van der Waals surface area contributed by atoms with E-state index in [1.807, 2.05) is 48.9 Å². The van der Waals surface area contributed by atoms with Crippen molar-refractivity contribution in [2.45, 2.75) is 40.0 Å². The van der Waals surface area contributed by atoms with Gasteiger partial charge in [0.2, 0.25) is 0 Å². The Labute approximate surface area is 189 Å². The lowest BCUT2D eigenvalue weighted by atomic mass is 9.67. The molecule has 5 nitrogen and oxygen atoms in total. The third-order valence-electron chi connectivity index (χ3n) is 6.42. The molecule has 0 amide bonds. The number of fused-ring (bicyclic) bond motifs is 2. The number of aromatic nitrogens is 2. The molecule has 5 rings (SSSR count). The zero-order valence-electron chi connectivity index (χ0n) is 19.1. The molecule has 32 heavy (non-hydrogen) atoms. The molecule has 0 spiro atoms. The molecule has 5 heteroatoms. The zero-order valence-corrected chi connectivity index (χ0v) is 19.1. The first-order chi connectivity index (χ1) is 15.4. The summed E-state index contributed by atoms with van der Waals surface area (Å²) in [7, 11) is 0. The first-order valence-electron chi connectivity index (χ1n) is 11.3. The number of aryl methyl sites for hydroxylation is 1. The maximum absolute atomic E-state index is 13.5. The fourth-order valence-electron chi connectivity index (χ4n) is 5.16. The lowest BCUT2D eigenvalue weighted by Gasteiger charge is -2.40. The number of ether oxygens (including phenoxy) is 1. The smallest absolute Gasteiger partial charge is 0.143 e. The van der Waals surface area contributed by atoms with Crippen LogP contribution in [-0.2, 0) is 4.79 Å². The van der Waals surface area contributed by atoms with E-state index in [1.54, 1.807) is 0 Å². The normalized spacial score (nSPS) is 21.2. The minimum atomic E-state index is -0.236. The average molecular weight is 428 g/mol. The quantitative estimate of drug-likeness (QED) is 0.586. The van der Waals surface area contributed by atoms with Gasteiger partial charge in [0.1, 0.15) is 17.4 Å². The van der Waals surface area contributed by atoms with E-state index in [-0.39, 0.29) is 23.0 Å². The Morgan fingerprint density at radius 3 is 2.50 bits per heavy atom. The molecule has 2 heterocycles. The van der Waals surface area contributed by atoms with Gasteiger partial charge in [0, 0.05) is 23.6 Å². The third kappa shape index (κ3) is 3.42. The van der Waals surface area contributed by atoms with E-state index in [0.717, 1.165) is 39.8 Å². The van der Waals surface area contributed by atoms with Crippen molar-refractivity contribution in [3.05, 3.63) is 83.2 Å². The molecule has 2 atom stereocenters. The summed E-state index contributed by atoms with van der Waals surface area (Å²) in [6, 6.07) is 18.3.